The number of pyridine rings is 1. The van der Waals surface area contributed by atoms with Gasteiger partial charge in [-0.25, -0.2) is 4.98 Å². The zero-order chi connectivity index (χ0) is 61.9. The molecule has 0 atom stereocenters. The molecule has 0 fully saturated rings. The van der Waals surface area contributed by atoms with Gasteiger partial charge in [0, 0.05) is 50.9 Å². The summed E-state index contributed by atoms with van der Waals surface area (Å²) in [4.78, 5) is 10.5. The van der Waals surface area contributed by atoms with Crippen LogP contribution < -0.4 is 0 Å². The van der Waals surface area contributed by atoms with Crippen molar-refractivity contribution in [3.8, 4) is 78.6 Å². The first-order valence-electron chi connectivity index (χ1n) is 30.6. The number of benzene rings is 7. The zero-order valence-electron chi connectivity index (χ0n) is 56.2. The van der Waals surface area contributed by atoms with Crippen molar-refractivity contribution in [3.05, 3.63) is 191 Å². The van der Waals surface area contributed by atoms with Gasteiger partial charge in [0.1, 0.15) is 11.6 Å². The van der Waals surface area contributed by atoms with Crippen LogP contribution in [0.2, 0.25) is 0 Å². The Morgan fingerprint density at radius 1 is 0.573 bits per heavy atom. The molecule has 0 saturated carbocycles. The largest absolute Gasteiger partial charge is 0.507 e. The van der Waals surface area contributed by atoms with Gasteiger partial charge in [-0.3, -0.25) is 9.55 Å². The van der Waals surface area contributed by atoms with Crippen molar-refractivity contribution in [2.24, 2.45) is 5.41 Å². The predicted molar refractivity (Wildman–Crippen MR) is 315 cm³/mol. The van der Waals surface area contributed by atoms with Gasteiger partial charge in [0.25, 0.3) is 0 Å². The molecule has 2 heterocycles. The number of aromatic hydroxyl groups is 1. The van der Waals surface area contributed by atoms with Crippen LogP contribution >= 0.6 is 0 Å². The van der Waals surface area contributed by atoms with E-state index in [0.29, 0.717) is 56.1 Å². The van der Waals surface area contributed by atoms with Crippen LogP contribution in [0, 0.1) is 18.3 Å². The van der Waals surface area contributed by atoms with E-state index >= 15 is 0 Å². The maximum absolute atomic E-state index is 12.7. The molecule has 2 aromatic heterocycles. The third kappa shape index (κ3) is 11.6. The maximum atomic E-state index is 12.7. The Kier molecular flexibility index (Phi) is 11.6. The summed E-state index contributed by atoms with van der Waals surface area (Å²) in [6, 6.07) is 38.3. The minimum Gasteiger partial charge on any atom is -0.507 e. The molecular weight excluding hydrogens is 1090 g/mol. The smallest absolute Gasteiger partial charge is 0.148 e. The van der Waals surface area contributed by atoms with Crippen molar-refractivity contribution in [1.82, 2.24) is 14.5 Å². The summed E-state index contributed by atoms with van der Waals surface area (Å²) in [6.45, 7) is 28.2. The van der Waals surface area contributed by atoms with Crippen molar-refractivity contribution in [3.63, 3.8) is 0 Å². The summed E-state index contributed by atoms with van der Waals surface area (Å²) < 4.78 is 89.9. The Morgan fingerprint density at radius 3 is 1.85 bits per heavy atom. The summed E-state index contributed by atoms with van der Waals surface area (Å²) in [5.41, 5.74) is 10.2. The molecule has 7 aromatic carbocycles. The van der Waals surface area contributed by atoms with Crippen LogP contribution in [0.25, 0.3) is 83.9 Å². The van der Waals surface area contributed by atoms with Crippen LogP contribution in [-0.4, -0.2) is 19.6 Å². The number of para-hydroxylation sites is 1. The van der Waals surface area contributed by atoms with Gasteiger partial charge in [0.2, 0.25) is 0 Å². The Labute approximate surface area is 477 Å². The van der Waals surface area contributed by atoms with E-state index < -0.39 is 47.6 Å². The van der Waals surface area contributed by atoms with Gasteiger partial charge in [-0.2, -0.15) is 0 Å². The number of hydrogen-bond acceptors (Lipinski definition) is 3. The molecule has 5 heteroatoms. The van der Waals surface area contributed by atoms with Crippen LogP contribution in [-0.2, 0) is 49.1 Å². The number of phenols is 1. The molecule has 1 N–H and O–H groups in total. The quantitative estimate of drug-likeness (QED) is 0.154. The van der Waals surface area contributed by atoms with Crippen molar-refractivity contribution < 1.29 is 39.9 Å². The van der Waals surface area contributed by atoms with E-state index in [4.69, 9.17) is 20.9 Å². The average molecular weight is 1180 g/mol. The summed E-state index contributed by atoms with van der Waals surface area (Å²) >= 11 is 0. The van der Waals surface area contributed by atoms with Crippen LogP contribution in [0.15, 0.2) is 152 Å². The molecule has 0 aliphatic heterocycles. The third-order valence-electron chi connectivity index (χ3n) is 13.7. The van der Waals surface area contributed by atoms with Crippen molar-refractivity contribution in [2.75, 3.05) is 0 Å². The van der Waals surface area contributed by atoms with E-state index in [9.17, 15) is 7.85 Å². The molecule has 0 amide bonds. The molecule has 9 aromatic rings. The third-order valence-corrected chi connectivity index (χ3v) is 13.7. The monoisotopic (exact) mass is 1180 g/mol. The topological polar surface area (TPSA) is 50.9 Å². The molecule has 9 rings (SSSR count). The first-order chi connectivity index (χ1) is 38.7. The van der Waals surface area contributed by atoms with E-state index in [0.717, 1.165) is 50.1 Å². The van der Waals surface area contributed by atoms with Gasteiger partial charge < -0.3 is 5.11 Å². The van der Waals surface area contributed by atoms with Gasteiger partial charge in [0.05, 0.1) is 29.1 Å². The van der Waals surface area contributed by atoms with Gasteiger partial charge in [-0.1, -0.05) is 218 Å². The summed E-state index contributed by atoms with van der Waals surface area (Å²) in [7, 11) is 0. The number of aryl methyl sites for hydroxylation is 1. The number of nitrogens with zero attached hydrogens (tertiary/aromatic N) is 3. The predicted octanol–water partition coefficient (Wildman–Crippen LogP) is 19.0. The Hall–Kier alpha value is -6.35. The van der Waals surface area contributed by atoms with Crippen LogP contribution in [0.5, 0.6) is 5.75 Å². The molecule has 0 bridgehead atoms. The molecule has 0 saturated heterocycles. The standard InChI is InChI=1S/C70H76N3O.Pt/c1-44-35-45(43-66(2,3)4)25-31-55(44)48-28-26-46(27-29-48)49-33-34-71-60(39-49)51-36-50(37-53(38-51)68(8,9)10)56-23-20-24-62-63(56)72-65(58-41-54(69(11,12)13)42-59(64(58)74)70(14,15)16)73(62)61-32-30-52(67(5,6)7)40-57(61)47-21-18-17-19-22-47;/h17-35,37-42,74H,43H2,1-16H3;/q-1;/i1D3,17D,18D,19D,21D,22D,43D2;. The van der Waals surface area contributed by atoms with Crippen molar-refractivity contribution in [2.45, 2.75) is 139 Å². The van der Waals surface area contributed by atoms with E-state index in [1.54, 1.807) is 39.1 Å². The number of phenolic OH excluding ortho intramolecular Hbond substituents is 1. The van der Waals surface area contributed by atoms with E-state index in [-0.39, 0.29) is 60.9 Å². The van der Waals surface area contributed by atoms with Crippen LogP contribution in [0.1, 0.15) is 151 Å². The number of aromatic nitrogens is 3. The number of fused-ring (bicyclic) bond motifs is 1. The van der Waals surface area contributed by atoms with Crippen molar-refractivity contribution >= 4 is 11.0 Å². The molecule has 0 spiro atoms. The van der Waals surface area contributed by atoms with Crippen LogP contribution in [0.3, 0.4) is 0 Å². The number of imidazole rings is 1. The van der Waals surface area contributed by atoms with Gasteiger partial charge in [0.15, 0.2) is 0 Å². The van der Waals surface area contributed by atoms with E-state index in [2.05, 4.69) is 107 Å². The van der Waals surface area contributed by atoms with Gasteiger partial charge >= 0.3 is 0 Å². The number of hydrogen-bond donors (Lipinski definition) is 1. The van der Waals surface area contributed by atoms with Crippen molar-refractivity contribution in [1.29, 1.82) is 0 Å². The average Bonchev–Trinajstić information content (AvgIpc) is 1.89. The molecule has 0 aliphatic rings. The zero-order valence-corrected chi connectivity index (χ0v) is 48.4. The Morgan fingerprint density at radius 2 is 1.21 bits per heavy atom. The Bertz CT molecular complexity index is 4040. The maximum Gasteiger partial charge on any atom is 0.148 e. The minimum absolute atomic E-state index is 0. The summed E-state index contributed by atoms with van der Waals surface area (Å²) in [5.74, 6) is 0.455. The minimum atomic E-state index is -2.49. The first-order valence-corrected chi connectivity index (χ1v) is 25.6. The molecule has 75 heavy (non-hydrogen) atoms. The summed E-state index contributed by atoms with van der Waals surface area (Å²) in [5, 5.41) is 12.7. The molecular formula is C70H76N3OPt-. The van der Waals surface area contributed by atoms with E-state index in [1.165, 1.54) is 6.07 Å². The van der Waals surface area contributed by atoms with Crippen LogP contribution in [0.4, 0.5) is 0 Å². The van der Waals surface area contributed by atoms with E-state index in [1.807, 2.05) is 83.4 Å². The SMILES string of the molecule is [2H]c1c([2H])c([2H])c(-c2cc(C(C)(C)C)ccc2-n2c(-c3cc(C(C)(C)C)cc(C(C)(C)C)c3O)nc3c(-c4[c-]c(-c5cc(-c6ccc(-c7ccc(C([2H])([2H])C(C)(C)C)cc7C([2H])([2H])[2H])cc6)ccn5)cc(C(C)(C)C)c4)cccc32)c([2H])c1[2H].[Pt]. The molecule has 4 nitrogen and oxygen atoms in total. The first kappa shape index (κ1) is 42.8. The van der Waals surface area contributed by atoms with Gasteiger partial charge in [-0.05, 0) is 121 Å². The molecule has 0 aliphatic carbocycles. The number of rotatable bonds is 8. The Balaban J connectivity index is 0.00000940. The molecule has 0 radical (unpaired) electrons. The molecule has 388 valence electrons. The second kappa shape index (κ2) is 20.3. The fourth-order valence-electron chi connectivity index (χ4n) is 9.53. The second-order valence-electron chi connectivity index (χ2n) is 24.9. The fraction of sp³-hybridized carbons (Fsp3) is 0.314. The normalized spacial score (nSPS) is 14.8. The fourth-order valence-corrected chi connectivity index (χ4v) is 9.53. The van der Waals surface area contributed by atoms with Gasteiger partial charge in [-0.15, -0.1) is 29.3 Å². The summed E-state index contributed by atoms with van der Waals surface area (Å²) in [6.07, 6.45) is -0.00643. The second-order valence-corrected chi connectivity index (χ2v) is 24.9. The molecule has 0 unspecified atom stereocenters.